The molecule has 10 heteroatoms. The van der Waals surface area contributed by atoms with Gasteiger partial charge >= 0.3 is 6.18 Å². The van der Waals surface area contributed by atoms with Crippen molar-refractivity contribution in [3.8, 4) is 0 Å². The van der Waals surface area contributed by atoms with E-state index in [1.807, 2.05) is 0 Å². The highest BCUT2D eigenvalue weighted by molar-refractivity contribution is 9.10. The number of alkyl halides is 3. The van der Waals surface area contributed by atoms with E-state index < -0.39 is 35.1 Å². The molecule has 0 saturated heterocycles. The third-order valence-corrected chi connectivity index (χ3v) is 4.16. The van der Waals surface area contributed by atoms with Gasteiger partial charge in [0.25, 0.3) is 11.8 Å². The molecule has 0 bridgehead atoms. The lowest BCUT2D eigenvalue weighted by Crippen LogP contribution is -2.17. The van der Waals surface area contributed by atoms with Crippen LogP contribution in [0.1, 0.15) is 26.5 Å². The topological polar surface area (TPSA) is 71.3 Å². The van der Waals surface area contributed by atoms with E-state index in [0.717, 1.165) is 18.2 Å². The Bertz CT molecular complexity index is 1060. The number of benzene rings is 2. The molecular weight excluding hydrogens is 460 g/mol. The van der Waals surface area contributed by atoms with Crippen LogP contribution in [0.5, 0.6) is 0 Å². The van der Waals surface area contributed by atoms with Gasteiger partial charge in [-0.1, -0.05) is 0 Å². The number of rotatable bonds is 4. The van der Waals surface area contributed by atoms with Crippen molar-refractivity contribution in [1.29, 1.82) is 0 Å². The average molecular weight is 471 g/mol. The van der Waals surface area contributed by atoms with Gasteiger partial charge in [-0.05, 0) is 70.5 Å². The SMILES string of the molecule is O=C(Nc1ccc(NC(=O)c2ccc(Br)o2)c(C(F)(F)F)c1)c1ccc(F)cc1. The molecule has 150 valence electrons. The van der Waals surface area contributed by atoms with Gasteiger partial charge in [0.15, 0.2) is 10.4 Å². The highest BCUT2D eigenvalue weighted by Gasteiger charge is 2.34. The summed E-state index contributed by atoms with van der Waals surface area (Å²) in [5.41, 5.74) is -1.74. The summed E-state index contributed by atoms with van der Waals surface area (Å²) in [6.45, 7) is 0. The fourth-order valence-electron chi connectivity index (χ4n) is 2.39. The van der Waals surface area contributed by atoms with Gasteiger partial charge in [0.1, 0.15) is 5.82 Å². The fraction of sp³-hybridized carbons (Fsp3) is 0.0526. The molecule has 0 spiro atoms. The smallest absolute Gasteiger partial charge is 0.418 e. The predicted octanol–water partition coefficient (Wildman–Crippen LogP) is 5.70. The fourth-order valence-corrected chi connectivity index (χ4v) is 2.70. The van der Waals surface area contributed by atoms with Gasteiger partial charge in [-0.25, -0.2) is 4.39 Å². The molecule has 2 N–H and O–H groups in total. The van der Waals surface area contributed by atoms with Gasteiger partial charge in [0.2, 0.25) is 0 Å². The molecule has 3 aromatic rings. The van der Waals surface area contributed by atoms with Crippen LogP contribution in [0.4, 0.5) is 28.9 Å². The van der Waals surface area contributed by atoms with Gasteiger partial charge in [0.05, 0.1) is 11.3 Å². The maximum Gasteiger partial charge on any atom is 0.418 e. The molecule has 0 fully saturated rings. The minimum absolute atomic E-state index is 0.0701. The van der Waals surface area contributed by atoms with Crippen LogP contribution in [0.2, 0.25) is 0 Å². The molecule has 0 saturated carbocycles. The van der Waals surface area contributed by atoms with Gasteiger partial charge in [0, 0.05) is 11.3 Å². The molecular formula is C19H11BrF4N2O3. The summed E-state index contributed by atoms with van der Waals surface area (Å²) in [4.78, 5) is 24.2. The molecule has 3 rings (SSSR count). The van der Waals surface area contributed by atoms with E-state index in [9.17, 15) is 27.2 Å². The molecule has 0 radical (unpaired) electrons. The first-order valence-electron chi connectivity index (χ1n) is 7.98. The van der Waals surface area contributed by atoms with Crippen molar-refractivity contribution in [2.24, 2.45) is 0 Å². The van der Waals surface area contributed by atoms with Gasteiger partial charge < -0.3 is 15.1 Å². The highest BCUT2D eigenvalue weighted by atomic mass is 79.9. The minimum atomic E-state index is -4.80. The van der Waals surface area contributed by atoms with Crippen molar-refractivity contribution in [3.05, 3.63) is 82.0 Å². The summed E-state index contributed by atoms with van der Waals surface area (Å²) in [7, 11) is 0. The number of halogens is 5. The minimum Gasteiger partial charge on any atom is -0.444 e. The zero-order valence-electron chi connectivity index (χ0n) is 14.3. The summed E-state index contributed by atoms with van der Waals surface area (Å²) in [5.74, 6) is -2.32. The quantitative estimate of drug-likeness (QED) is 0.480. The number of hydrogen-bond acceptors (Lipinski definition) is 3. The number of hydrogen-bond donors (Lipinski definition) is 2. The van der Waals surface area contributed by atoms with Crippen molar-refractivity contribution >= 4 is 39.1 Å². The molecule has 2 aromatic carbocycles. The lowest BCUT2D eigenvalue weighted by Gasteiger charge is -2.15. The monoisotopic (exact) mass is 470 g/mol. The average Bonchev–Trinajstić information content (AvgIpc) is 3.09. The summed E-state index contributed by atoms with van der Waals surface area (Å²) in [6, 6.07) is 10.1. The number of anilines is 2. The van der Waals surface area contributed by atoms with Crippen LogP contribution in [0.3, 0.4) is 0 Å². The first-order chi connectivity index (χ1) is 13.6. The van der Waals surface area contributed by atoms with E-state index in [1.54, 1.807) is 0 Å². The molecule has 0 aliphatic heterocycles. The maximum atomic E-state index is 13.5. The molecule has 1 heterocycles. The third-order valence-electron chi connectivity index (χ3n) is 3.73. The summed E-state index contributed by atoms with van der Waals surface area (Å²) >= 11 is 3.00. The van der Waals surface area contributed by atoms with Crippen molar-refractivity contribution in [2.45, 2.75) is 6.18 Å². The molecule has 0 aliphatic rings. The van der Waals surface area contributed by atoms with Crippen LogP contribution >= 0.6 is 15.9 Å². The first kappa shape index (κ1) is 20.6. The van der Waals surface area contributed by atoms with E-state index in [2.05, 4.69) is 26.6 Å². The van der Waals surface area contributed by atoms with Crippen LogP contribution in [-0.2, 0) is 6.18 Å². The summed E-state index contributed by atoms with van der Waals surface area (Å²) < 4.78 is 58.6. The van der Waals surface area contributed by atoms with Gasteiger partial charge in [-0.3, -0.25) is 9.59 Å². The second kappa shape index (κ2) is 8.08. The Morgan fingerprint density at radius 1 is 0.897 bits per heavy atom. The molecule has 0 atom stereocenters. The second-order valence-corrected chi connectivity index (χ2v) is 6.56. The lowest BCUT2D eigenvalue weighted by molar-refractivity contribution is -0.136. The van der Waals surface area contributed by atoms with Crippen LogP contribution in [0.25, 0.3) is 0 Å². The number of carbonyl (C=O) groups excluding carboxylic acids is 2. The molecule has 0 unspecified atom stereocenters. The molecule has 0 aliphatic carbocycles. The number of amides is 2. The van der Waals surface area contributed by atoms with Crippen molar-refractivity contribution < 1.29 is 31.6 Å². The van der Waals surface area contributed by atoms with Gasteiger partial charge in [-0.2, -0.15) is 13.2 Å². The highest BCUT2D eigenvalue weighted by Crippen LogP contribution is 2.37. The van der Waals surface area contributed by atoms with E-state index in [1.165, 1.54) is 30.3 Å². The Balaban J connectivity index is 1.85. The Kier molecular flexibility index (Phi) is 5.73. The second-order valence-electron chi connectivity index (χ2n) is 5.78. The number of carbonyl (C=O) groups is 2. The Labute approximate surface area is 169 Å². The van der Waals surface area contributed by atoms with E-state index >= 15 is 0 Å². The third kappa shape index (κ3) is 5.02. The molecule has 29 heavy (non-hydrogen) atoms. The largest absolute Gasteiger partial charge is 0.444 e. The maximum absolute atomic E-state index is 13.5. The van der Waals surface area contributed by atoms with Crippen molar-refractivity contribution in [2.75, 3.05) is 10.6 Å². The Morgan fingerprint density at radius 3 is 2.17 bits per heavy atom. The predicted molar refractivity (Wildman–Crippen MR) is 100 cm³/mol. The molecule has 2 amide bonds. The van der Waals surface area contributed by atoms with E-state index in [0.29, 0.717) is 6.07 Å². The lowest BCUT2D eigenvalue weighted by atomic mass is 10.1. The van der Waals surface area contributed by atoms with E-state index in [-0.39, 0.29) is 21.7 Å². The standard InChI is InChI=1S/C19H11BrF4N2O3/c20-16-8-7-15(29-16)18(28)26-14-6-5-12(9-13(14)19(22,23)24)25-17(27)10-1-3-11(21)4-2-10/h1-9H,(H,25,27)(H,26,28). The Hall–Kier alpha value is -3.14. The molecule has 5 nitrogen and oxygen atoms in total. The van der Waals surface area contributed by atoms with E-state index in [4.69, 9.17) is 4.42 Å². The van der Waals surface area contributed by atoms with Crippen molar-refractivity contribution in [3.63, 3.8) is 0 Å². The Morgan fingerprint density at radius 2 is 1.59 bits per heavy atom. The van der Waals surface area contributed by atoms with Crippen LogP contribution < -0.4 is 10.6 Å². The van der Waals surface area contributed by atoms with Crippen LogP contribution in [0, 0.1) is 5.82 Å². The number of nitrogens with one attached hydrogen (secondary N) is 2. The molecule has 1 aromatic heterocycles. The van der Waals surface area contributed by atoms with Crippen molar-refractivity contribution in [1.82, 2.24) is 0 Å². The number of furan rings is 1. The van der Waals surface area contributed by atoms with Gasteiger partial charge in [-0.15, -0.1) is 0 Å². The summed E-state index contributed by atoms with van der Waals surface area (Å²) in [6.07, 6.45) is -4.80. The normalized spacial score (nSPS) is 11.2. The zero-order valence-corrected chi connectivity index (χ0v) is 15.9. The first-order valence-corrected chi connectivity index (χ1v) is 8.77. The summed E-state index contributed by atoms with van der Waals surface area (Å²) in [5, 5.41) is 4.44. The zero-order chi connectivity index (χ0) is 21.2. The van der Waals surface area contributed by atoms with Crippen LogP contribution in [0.15, 0.2) is 63.7 Å². The van der Waals surface area contributed by atoms with Crippen LogP contribution in [-0.4, -0.2) is 11.8 Å².